The van der Waals surface area contributed by atoms with E-state index in [9.17, 15) is 12.8 Å². The summed E-state index contributed by atoms with van der Waals surface area (Å²) in [5.41, 5.74) is 0. The summed E-state index contributed by atoms with van der Waals surface area (Å²) in [7, 11) is -3.65. The molecular weight excluding hydrogens is 420 g/mol. The SMILES string of the molecule is Cl.Cl.O=S(=O)(NCCN1CCNCC1)c1ccc(Br)c(F)c1. The fourth-order valence-corrected chi connectivity index (χ4v) is 3.28. The summed E-state index contributed by atoms with van der Waals surface area (Å²) in [4.78, 5) is 2.12. The minimum atomic E-state index is -3.65. The lowest BCUT2D eigenvalue weighted by Gasteiger charge is -2.27. The Labute approximate surface area is 151 Å². The second-order valence-corrected chi connectivity index (χ2v) is 7.19. The van der Waals surface area contributed by atoms with Gasteiger partial charge in [0.2, 0.25) is 10.0 Å². The van der Waals surface area contributed by atoms with E-state index in [4.69, 9.17) is 0 Å². The van der Waals surface area contributed by atoms with Crippen LogP contribution in [0.1, 0.15) is 0 Å². The summed E-state index contributed by atoms with van der Waals surface area (Å²) in [5, 5.41) is 3.23. The highest BCUT2D eigenvalue weighted by atomic mass is 79.9. The predicted octanol–water partition coefficient (Wildman–Crippen LogP) is 1.62. The van der Waals surface area contributed by atoms with Crippen LogP contribution in [0.15, 0.2) is 27.6 Å². The van der Waals surface area contributed by atoms with E-state index in [0.29, 0.717) is 13.1 Å². The van der Waals surface area contributed by atoms with Crippen molar-refractivity contribution in [1.82, 2.24) is 14.9 Å². The van der Waals surface area contributed by atoms with E-state index in [1.54, 1.807) is 0 Å². The molecule has 0 bridgehead atoms. The number of hydrogen-bond donors (Lipinski definition) is 2. The molecule has 1 aliphatic heterocycles. The molecule has 5 nitrogen and oxygen atoms in total. The molecule has 2 N–H and O–H groups in total. The number of piperazine rings is 1. The molecule has 0 unspecified atom stereocenters. The highest BCUT2D eigenvalue weighted by molar-refractivity contribution is 9.10. The average molecular weight is 439 g/mol. The van der Waals surface area contributed by atoms with Gasteiger partial charge in [-0.1, -0.05) is 0 Å². The van der Waals surface area contributed by atoms with Crippen molar-refractivity contribution in [2.75, 3.05) is 39.3 Å². The van der Waals surface area contributed by atoms with E-state index in [1.165, 1.54) is 12.1 Å². The minimum Gasteiger partial charge on any atom is -0.314 e. The highest BCUT2D eigenvalue weighted by Crippen LogP contribution is 2.19. The Morgan fingerprint density at radius 2 is 1.91 bits per heavy atom. The van der Waals surface area contributed by atoms with Gasteiger partial charge in [0.25, 0.3) is 0 Å². The molecule has 2 rings (SSSR count). The summed E-state index contributed by atoms with van der Waals surface area (Å²) in [6, 6.07) is 3.78. The second-order valence-electron chi connectivity index (χ2n) is 4.57. The van der Waals surface area contributed by atoms with Gasteiger partial charge in [-0.25, -0.2) is 17.5 Å². The van der Waals surface area contributed by atoms with Gasteiger partial charge < -0.3 is 5.32 Å². The van der Waals surface area contributed by atoms with Crippen molar-refractivity contribution >= 4 is 50.8 Å². The molecule has 1 heterocycles. The Morgan fingerprint density at radius 1 is 1.27 bits per heavy atom. The maximum absolute atomic E-state index is 13.4. The van der Waals surface area contributed by atoms with Crippen molar-refractivity contribution in [1.29, 1.82) is 0 Å². The number of benzene rings is 1. The lowest BCUT2D eigenvalue weighted by Crippen LogP contribution is -2.46. The van der Waals surface area contributed by atoms with Crippen molar-refractivity contribution in [3.63, 3.8) is 0 Å². The summed E-state index contributed by atoms with van der Waals surface area (Å²) < 4.78 is 40.1. The third-order valence-corrected chi connectivity index (χ3v) is 5.23. The van der Waals surface area contributed by atoms with Gasteiger partial charge in [0, 0.05) is 39.3 Å². The van der Waals surface area contributed by atoms with Crippen molar-refractivity contribution in [3.05, 3.63) is 28.5 Å². The molecule has 1 aromatic rings. The normalized spacial score (nSPS) is 15.7. The second kappa shape index (κ2) is 10.0. The molecule has 10 heteroatoms. The zero-order valence-electron chi connectivity index (χ0n) is 11.7. The summed E-state index contributed by atoms with van der Waals surface area (Å²) in [6.45, 7) is 4.64. The first-order valence-electron chi connectivity index (χ1n) is 6.37. The maximum Gasteiger partial charge on any atom is 0.240 e. The molecular formula is C12H19BrCl2FN3O2S. The molecule has 1 fully saturated rings. The minimum absolute atomic E-state index is 0. The Hall–Kier alpha value is 0.0400. The molecule has 22 heavy (non-hydrogen) atoms. The van der Waals surface area contributed by atoms with E-state index in [-0.39, 0.29) is 34.2 Å². The van der Waals surface area contributed by atoms with Gasteiger partial charge in [-0.2, -0.15) is 0 Å². The van der Waals surface area contributed by atoms with Crippen molar-refractivity contribution in [2.45, 2.75) is 4.90 Å². The van der Waals surface area contributed by atoms with E-state index < -0.39 is 15.8 Å². The van der Waals surface area contributed by atoms with E-state index >= 15 is 0 Å². The molecule has 1 aliphatic rings. The Balaban J connectivity index is 0.00000220. The molecule has 128 valence electrons. The van der Waals surface area contributed by atoms with Crippen LogP contribution in [0, 0.1) is 5.82 Å². The van der Waals surface area contributed by atoms with E-state index in [0.717, 1.165) is 32.2 Å². The van der Waals surface area contributed by atoms with Crippen LogP contribution in [0.3, 0.4) is 0 Å². The zero-order valence-corrected chi connectivity index (χ0v) is 15.8. The number of rotatable bonds is 5. The molecule has 1 aromatic carbocycles. The number of sulfonamides is 1. The highest BCUT2D eigenvalue weighted by Gasteiger charge is 2.16. The summed E-state index contributed by atoms with van der Waals surface area (Å²) >= 11 is 3.00. The number of nitrogens with one attached hydrogen (secondary N) is 2. The Kier molecular flexibility index (Phi) is 10.0. The van der Waals surface area contributed by atoms with E-state index in [2.05, 4.69) is 30.9 Å². The lowest BCUT2D eigenvalue weighted by atomic mass is 10.3. The molecule has 0 aromatic heterocycles. The largest absolute Gasteiger partial charge is 0.314 e. The quantitative estimate of drug-likeness (QED) is 0.733. The third-order valence-electron chi connectivity index (χ3n) is 3.13. The van der Waals surface area contributed by atoms with Gasteiger partial charge in [0.1, 0.15) is 5.82 Å². The van der Waals surface area contributed by atoms with Crippen LogP contribution in [0.5, 0.6) is 0 Å². The fraction of sp³-hybridized carbons (Fsp3) is 0.500. The van der Waals surface area contributed by atoms with Crippen LogP contribution >= 0.6 is 40.7 Å². The molecule has 0 saturated carbocycles. The summed E-state index contributed by atoms with van der Waals surface area (Å²) in [5.74, 6) is -0.588. The van der Waals surface area contributed by atoms with Crippen LogP contribution in [-0.2, 0) is 10.0 Å². The third kappa shape index (κ3) is 6.27. The monoisotopic (exact) mass is 437 g/mol. The van der Waals surface area contributed by atoms with Crippen LogP contribution in [0.4, 0.5) is 4.39 Å². The number of nitrogens with zero attached hydrogens (tertiary/aromatic N) is 1. The van der Waals surface area contributed by atoms with Gasteiger partial charge in [0.05, 0.1) is 9.37 Å². The Morgan fingerprint density at radius 3 is 2.50 bits per heavy atom. The van der Waals surface area contributed by atoms with Gasteiger partial charge in [-0.3, -0.25) is 4.90 Å². The van der Waals surface area contributed by atoms with Crippen LogP contribution in [-0.4, -0.2) is 52.6 Å². The van der Waals surface area contributed by atoms with Gasteiger partial charge >= 0.3 is 0 Å². The first kappa shape index (κ1) is 22.0. The first-order valence-corrected chi connectivity index (χ1v) is 8.64. The van der Waals surface area contributed by atoms with Gasteiger partial charge in [0.15, 0.2) is 0 Å². The maximum atomic E-state index is 13.4. The molecule has 0 aliphatic carbocycles. The van der Waals surface area contributed by atoms with Crippen molar-refractivity contribution in [2.24, 2.45) is 0 Å². The van der Waals surface area contributed by atoms with Gasteiger partial charge in [-0.05, 0) is 34.1 Å². The van der Waals surface area contributed by atoms with Gasteiger partial charge in [-0.15, -0.1) is 24.8 Å². The van der Waals surface area contributed by atoms with Crippen molar-refractivity contribution in [3.8, 4) is 0 Å². The predicted molar refractivity (Wildman–Crippen MR) is 93.1 cm³/mol. The molecule has 0 spiro atoms. The van der Waals surface area contributed by atoms with Crippen LogP contribution < -0.4 is 10.0 Å². The van der Waals surface area contributed by atoms with E-state index in [1.807, 2.05) is 0 Å². The lowest BCUT2D eigenvalue weighted by molar-refractivity contribution is 0.245. The van der Waals surface area contributed by atoms with Crippen LogP contribution in [0.25, 0.3) is 0 Å². The molecule has 1 saturated heterocycles. The smallest absolute Gasteiger partial charge is 0.240 e. The number of halogens is 4. The molecule has 0 atom stereocenters. The zero-order chi connectivity index (χ0) is 14.6. The standard InChI is InChI=1S/C12H17BrFN3O2S.2ClH/c13-11-2-1-10(9-12(11)14)20(18,19)16-5-8-17-6-3-15-4-7-17;;/h1-2,9,15-16H,3-8H2;2*1H. The topological polar surface area (TPSA) is 61.4 Å². The fourth-order valence-electron chi connectivity index (χ4n) is 2.00. The summed E-state index contributed by atoms with van der Waals surface area (Å²) in [6.07, 6.45) is 0. The average Bonchev–Trinajstić information content (AvgIpc) is 2.43. The Bertz CT molecular complexity index is 571. The number of hydrogen-bond acceptors (Lipinski definition) is 4. The first-order chi connectivity index (χ1) is 9.49. The van der Waals surface area contributed by atoms with Crippen LogP contribution in [0.2, 0.25) is 0 Å². The molecule has 0 radical (unpaired) electrons. The van der Waals surface area contributed by atoms with Crippen molar-refractivity contribution < 1.29 is 12.8 Å². The molecule has 0 amide bonds.